The Hall–Kier alpha value is -1.64. The van der Waals surface area contributed by atoms with E-state index in [-0.39, 0.29) is 12.5 Å². The number of carboxylic acids is 1. The molecule has 1 amide bonds. The van der Waals surface area contributed by atoms with Crippen LogP contribution in [0.5, 0.6) is 0 Å². The van der Waals surface area contributed by atoms with Gasteiger partial charge in [-0.15, -0.1) is 11.8 Å². The van der Waals surface area contributed by atoms with Crippen LogP contribution < -0.4 is 10.6 Å². The maximum absolute atomic E-state index is 13.5. The van der Waals surface area contributed by atoms with Crippen LogP contribution in [0.1, 0.15) is 67.9 Å². The van der Waals surface area contributed by atoms with Crippen LogP contribution in [0.2, 0.25) is 0 Å². The summed E-state index contributed by atoms with van der Waals surface area (Å²) in [6.07, 6.45) is 8.11. The summed E-state index contributed by atoms with van der Waals surface area (Å²) < 4.78 is 5.85. The van der Waals surface area contributed by atoms with E-state index in [9.17, 15) is 9.59 Å². The second kappa shape index (κ2) is 9.55. The van der Waals surface area contributed by atoms with Crippen molar-refractivity contribution in [2.75, 3.05) is 25.4 Å². The number of carbonyl (C=O) groups excluding carboxylic acids is 1. The molecule has 4 bridgehead atoms. The summed E-state index contributed by atoms with van der Waals surface area (Å²) in [5.74, 6) is 2.86. The van der Waals surface area contributed by atoms with Crippen LogP contribution in [0.3, 0.4) is 0 Å². The van der Waals surface area contributed by atoms with Gasteiger partial charge < -0.3 is 20.5 Å². The zero-order valence-corrected chi connectivity index (χ0v) is 20.2. The third-order valence-electron chi connectivity index (χ3n) is 8.13. The fourth-order valence-corrected chi connectivity index (χ4v) is 7.73. The molecule has 3 N–H and O–H groups in total. The van der Waals surface area contributed by atoms with Crippen molar-refractivity contribution in [1.82, 2.24) is 15.6 Å². The smallest absolute Gasteiger partial charge is 0.329 e. The molecule has 0 aromatic carbocycles. The lowest BCUT2D eigenvalue weighted by Crippen LogP contribution is -2.55. The second-order valence-electron chi connectivity index (χ2n) is 10.4. The quantitative estimate of drug-likeness (QED) is 0.473. The number of carbonyl (C=O) groups is 2. The van der Waals surface area contributed by atoms with Gasteiger partial charge in [-0.25, -0.2) is 9.78 Å². The van der Waals surface area contributed by atoms with Crippen molar-refractivity contribution in [3.05, 3.63) is 23.4 Å². The molecule has 1 aliphatic heterocycles. The second-order valence-corrected chi connectivity index (χ2v) is 11.5. The predicted molar refractivity (Wildman–Crippen MR) is 126 cm³/mol. The molecule has 1 saturated heterocycles. The van der Waals surface area contributed by atoms with E-state index < -0.39 is 11.6 Å². The summed E-state index contributed by atoms with van der Waals surface area (Å²) in [5.41, 5.74) is 0.569. The zero-order valence-electron chi connectivity index (χ0n) is 19.3. The van der Waals surface area contributed by atoms with Crippen LogP contribution in [0.4, 0.5) is 0 Å². The average Bonchev–Trinajstić information content (AvgIpc) is 3.28. The van der Waals surface area contributed by atoms with Gasteiger partial charge in [-0.2, -0.15) is 0 Å². The summed E-state index contributed by atoms with van der Waals surface area (Å²) in [5, 5.41) is 16.6. The van der Waals surface area contributed by atoms with E-state index in [0.717, 1.165) is 35.6 Å². The number of amides is 1. The molecule has 180 valence electrons. The van der Waals surface area contributed by atoms with Crippen molar-refractivity contribution in [2.24, 2.45) is 23.7 Å². The Morgan fingerprint density at radius 2 is 1.94 bits per heavy atom. The number of rotatable bonds is 9. The van der Waals surface area contributed by atoms with Crippen LogP contribution in [0.25, 0.3) is 0 Å². The summed E-state index contributed by atoms with van der Waals surface area (Å²) in [6.45, 7) is 3.01. The van der Waals surface area contributed by atoms with Crippen molar-refractivity contribution in [3.63, 3.8) is 0 Å². The first-order chi connectivity index (χ1) is 16.0. The molecule has 0 unspecified atom stereocenters. The molecule has 5 aliphatic rings. The van der Waals surface area contributed by atoms with Gasteiger partial charge in [0.1, 0.15) is 17.2 Å². The van der Waals surface area contributed by atoms with Gasteiger partial charge in [0.25, 0.3) is 5.91 Å². The summed E-state index contributed by atoms with van der Waals surface area (Å²) in [6, 6.07) is 4.02. The summed E-state index contributed by atoms with van der Waals surface area (Å²) >= 11 is 1.60. The van der Waals surface area contributed by atoms with Crippen LogP contribution in [0.15, 0.2) is 17.2 Å². The number of nitrogens with zero attached hydrogens (tertiary/aromatic N) is 1. The highest BCUT2D eigenvalue weighted by Crippen LogP contribution is 2.53. The highest BCUT2D eigenvalue weighted by atomic mass is 32.2. The van der Waals surface area contributed by atoms with E-state index in [4.69, 9.17) is 14.8 Å². The number of nitrogens with one attached hydrogen (secondary N) is 2. The van der Waals surface area contributed by atoms with Crippen LogP contribution in [-0.4, -0.2) is 53.5 Å². The number of aliphatic carboxylic acids is 1. The largest absolute Gasteiger partial charge is 0.480 e. The first-order valence-corrected chi connectivity index (χ1v) is 13.5. The third-order valence-corrected chi connectivity index (χ3v) is 9.32. The number of ether oxygens (including phenoxy) is 1. The van der Waals surface area contributed by atoms with Gasteiger partial charge >= 0.3 is 5.97 Å². The molecule has 5 fully saturated rings. The Morgan fingerprint density at radius 3 is 2.55 bits per heavy atom. The average molecular weight is 474 g/mol. The van der Waals surface area contributed by atoms with Gasteiger partial charge in [0.2, 0.25) is 0 Å². The monoisotopic (exact) mass is 473 g/mol. The Morgan fingerprint density at radius 1 is 1.21 bits per heavy atom. The molecule has 1 aromatic heterocycles. The maximum atomic E-state index is 13.5. The standard InChI is InChI=1S/C25H35N3O4S/c1-2-7-33-24-19(3-4-20(27-24)25(5-6-26-14-25)32-13-21(29)30)23(31)28-22-17-9-15-8-16(11-17)12-18(22)10-15/h3-4,15-18,22,26H,2,5-14H2,1H3,(H,28,31)(H,29,30)/t15?,16?,17?,18?,22?,25-/m0/s1. The van der Waals surface area contributed by atoms with Crippen molar-refractivity contribution in [3.8, 4) is 0 Å². The number of thioether (sulfide) groups is 1. The minimum absolute atomic E-state index is 0.0184. The van der Waals surface area contributed by atoms with E-state index >= 15 is 0 Å². The maximum Gasteiger partial charge on any atom is 0.329 e. The Kier molecular flexibility index (Phi) is 6.69. The Labute approximate surface area is 199 Å². The van der Waals surface area contributed by atoms with Crippen molar-refractivity contribution in [1.29, 1.82) is 0 Å². The first-order valence-electron chi connectivity index (χ1n) is 12.5. The highest BCUT2D eigenvalue weighted by Gasteiger charge is 2.48. The van der Waals surface area contributed by atoms with Gasteiger partial charge in [-0.1, -0.05) is 6.92 Å². The van der Waals surface area contributed by atoms with Crippen molar-refractivity contribution in [2.45, 2.75) is 68.5 Å². The number of aromatic nitrogens is 1. The minimum atomic E-state index is -0.992. The molecule has 0 radical (unpaired) electrons. The SMILES string of the molecule is CCCSc1nc([C@]2(OCC(=O)O)CCNC2)ccc1C(=O)NC1C2CC3CC(C2)CC1C3. The fourth-order valence-electron chi connectivity index (χ4n) is 6.85. The van der Waals surface area contributed by atoms with E-state index in [2.05, 4.69) is 17.6 Å². The normalized spacial score (nSPS) is 34.5. The molecular weight excluding hydrogens is 438 g/mol. The van der Waals surface area contributed by atoms with Crippen LogP contribution >= 0.6 is 11.8 Å². The Balaban J connectivity index is 1.37. The minimum Gasteiger partial charge on any atom is -0.480 e. The van der Waals surface area contributed by atoms with Gasteiger partial charge in [-0.3, -0.25) is 4.79 Å². The van der Waals surface area contributed by atoms with E-state index in [1.54, 1.807) is 11.8 Å². The molecule has 6 rings (SSSR count). The molecule has 1 aromatic rings. The molecule has 2 heterocycles. The van der Waals surface area contributed by atoms with Crippen molar-refractivity contribution < 1.29 is 19.4 Å². The van der Waals surface area contributed by atoms with Gasteiger partial charge in [0.15, 0.2) is 0 Å². The molecule has 1 atom stereocenters. The van der Waals surface area contributed by atoms with Crippen molar-refractivity contribution >= 4 is 23.6 Å². The fraction of sp³-hybridized carbons (Fsp3) is 0.720. The van der Waals surface area contributed by atoms with Gasteiger partial charge in [-0.05, 0) is 93.0 Å². The lowest BCUT2D eigenvalue weighted by atomic mass is 9.54. The molecule has 7 nitrogen and oxygen atoms in total. The van der Waals surface area contributed by atoms with Crippen LogP contribution in [0, 0.1) is 23.7 Å². The third kappa shape index (κ3) is 4.66. The molecule has 33 heavy (non-hydrogen) atoms. The van der Waals surface area contributed by atoms with E-state index in [0.29, 0.717) is 42.1 Å². The van der Waals surface area contributed by atoms with E-state index in [1.165, 1.54) is 32.1 Å². The molecular formula is C25H35N3O4S. The topological polar surface area (TPSA) is 101 Å². The summed E-state index contributed by atoms with van der Waals surface area (Å²) in [7, 11) is 0. The molecule has 8 heteroatoms. The van der Waals surface area contributed by atoms with Crippen LogP contribution in [-0.2, 0) is 15.1 Å². The molecule has 4 saturated carbocycles. The lowest BCUT2D eigenvalue weighted by molar-refractivity contribution is -0.149. The lowest BCUT2D eigenvalue weighted by Gasteiger charge is -2.54. The predicted octanol–water partition coefficient (Wildman–Crippen LogP) is 3.43. The number of pyridine rings is 1. The van der Waals surface area contributed by atoms with Gasteiger partial charge in [0.05, 0.1) is 11.3 Å². The zero-order chi connectivity index (χ0) is 23.0. The highest BCUT2D eigenvalue weighted by molar-refractivity contribution is 7.99. The molecule has 0 spiro atoms. The van der Waals surface area contributed by atoms with E-state index in [1.807, 2.05) is 12.1 Å². The first kappa shape index (κ1) is 23.1. The summed E-state index contributed by atoms with van der Waals surface area (Å²) in [4.78, 5) is 29.5. The van der Waals surface area contributed by atoms with Gasteiger partial charge in [0, 0.05) is 12.6 Å². The molecule has 4 aliphatic carbocycles. The number of carboxylic acid groups (broad SMARTS) is 1. The Bertz CT molecular complexity index is 874. The number of hydrogen-bond acceptors (Lipinski definition) is 6. The number of hydrogen-bond donors (Lipinski definition) is 3.